The minimum Gasteiger partial charge on any atom is -0.458 e. The van der Waals surface area contributed by atoms with Gasteiger partial charge in [0.1, 0.15) is 0 Å². The van der Waals surface area contributed by atoms with Crippen LogP contribution in [0.5, 0.6) is 0 Å². The topological polar surface area (TPSA) is 101 Å². The fraction of sp³-hybridized carbons (Fsp3) is 0.900. The molecule has 1 aliphatic rings. The van der Waals surface area contributed by atoms with Crippen LogP contribution in [-0.4, -0.2) is 41.5 Å². The molecule has 0 bridgehead atoms. The van der Waals surface area contributed by atoms with E-state index in [-0.39, 0.29) is 6.42 Å². The van der Waals surface area contributed by atoms with E-state index < -0.39 is 39.5 Å². The van der Waals surface area contributed by atoms with Crippen molar-refractivity contribution in [3.8, 4) is 0 Å². The van der Waals surface area contributed by atoms with E-state index in [1.807, 2.05) is 0 Å². The quantitative estimate of drug-likeness (QED) is 0.592. The summed E-state index contributed by atoms with van der Waals surface area (Å²) in [6.07, 6.45) is 1.50. The molecule has 19 heavy (non-hydrogen) atoms. The van der Waals surface area contributed by atoms with Gasteiger partial charge in [-0.1, -0.05) is 0 Å². The third-order valence-corrected chi connectivity index (χ3v) is 3.92. The van der Waals surface area contributed by atoms with Crippen LogP contribution in [-0.2, 0) is 19.6 Å². The molecule has 6 nitrogen and oxygen atoms in total. The highest BCUT2D eigenvalue weighted by Crippen LogP contribution is 2.33. The average Bonchev–Trinajstić information content (AvgIpc) is 2.23. The number of alkyl halides is 2. The number of carbonyl (C=O) groups excluding carboxylic acids is 1. The van der Waals surface area contributed by atoms with Crippen molar-refractivity contribution in [3.63, 3.8) is 0 Å². The van der Waals surface area contributed by atoms with Crippen LogP contribution in [0.15, 0.2) is 0 Å². The molecule has 2 atom stereocenters. The standard InChI is InChI=1S/C10H16F2O6S/c1-9(14)4-2-3-7(5-9)8(13)18-6-10(11,12)19(15,16)17/h7,14H,2-6H2,1H3,(H,15,16,17). The van der Waals surface area contributed by atoms with Crippen LogP contribution in [0.25, 0.3) is 0 Å². The first kappa shape index (κ1) is 16.3. The van der Waals surface area contributed by atoms with Gasteiger partial charge in [-0.05, 0) is 32.6 Å². The van der Waals surface area contributed by atoms with Crippen molar-refractivity contribution in [2.45, 2.75) is 43.5 Å². The van der Waals surface area contributed by atoms with Crippen LogP contribution in [0, 0.1) is 5.92 Å². The van der Waals surface area contributed by atoms with Crippen molar-refractivity contribution < 1.29 is 36.4 Å². The first-order valence-corrected chi connectivity index (χ1v) is 7.12. The molecule has 1 rings (SSSR count). The third-order valence-electron chi connectivity index (χ3n) is 3.05. The summed E-state index contributed by atoms with van der Waals surface area (Å²) in [5.74, 6) is -1.75. The second kappa shape index (κ2) is 5.29. The van der Waals surface area contributed by atoms with E-state index in [0.717, 1.165) is 0 Å². The lowest BCUT2D eigenvalue weighted by Gasteiger charge is -2.32. The zero-order valence-corrected chi connectivity index (χ0v) is 11.1. The molecular formula is C10H16F2O6S. The predicted octanol–water partition coefficient (Wildman–Crippen LogP) is 0.951. The van der Waals surface area contributed by atoms with Gasteiger partial charge >= 0.3 is 21.3 Å². The Hall–Kier alpha value is -0.800. The molecule has 0 aromatic carbocycles. The highest BCUT2D eigenvalue weighted by Gasteiger charge is 2.46. The van der Waals surface area contributed by atoms with Crippen LogP contribution in [0.4, 0.5) is 8.78 Å². The summed E-state index contributed by atoms with van der Waals surface area (Å²) in [7, 11) is -5.61. The molecule has 1 fully saturated rings. The first-order valence-electron chi connectivity index (χ1n) is 5.68. The Kier molecular flexibility index (Phi) is 4.53. The normalized spacial score (nSPS) is 29.0. The molecule has 0 amide bonds. The zero-order chi connectivity index (χ0) is 14.9. The first-order chi connectivity index (χ1) is 8.45. The van der Waals surface area contributed by atoms with E-state index in [2.05, 4.69) is 4.74 Å². The third kappa shape index (κ3) is 4.36. The number of hydrogen-bond donors (Lipinski definition) is 2. The van der Waals surface area contributed by atoms with Gasteiger partial charge in [-0.15, -0.1) is 0 Å². The van der Waals surface area contributed by atoms with E-state index in [1.165, 1.54) is 6.92 Å². The Morgan fingerprint density at radius 2 is 2.11 bits per heavy atom. The number of halogens is 2. The second-order valence-electron chi connectivity index (χ2n) is 5.01. The molecule has 0 saturated heterocycles. The lowest BCUT2D eigenvalue weighted by molar-refractivity contribution is -0.158. The van der Waals surface area contributed by atoms with Crippen molar-refractivity contribution in [3.05, 3.63) is 0 Å². The maximum Gasteiger partial charge on any atom is 0.402 e. The maximum absolute atomic E-state index is 12.8. The van der Waals surface area contributed by atoms with Gasteiger partial charge in [-0.2, -0.15) is 17.2 Å². The largest absolute Gasteiger partial charge is 0.458 e. The SMILES string of the molecule is CC1(O)CCCC(C(=O)OCC(F)(F)S(=O)(=O)O)C1. The van der Waals surface area contributed by atoms with Gasteiger partial charge < -0.3 is 9.84 Å². The average molecular weight is 302 g/mol. The summed E-state index contributed by atoms with van der Waals surface area (Å²) in [4.78, 5) is 11.5. The number of hydrogen-bond acceptors (Lipinski definition) is 5. The van der Waals surface area contributed by atoms with E-state index in [9.17, 15) is 27.1 Å². The molecule has 0 spiro atoms. The second-order valence-corrected chi connectivity index (χ2v) is 6.56. The van der Waals surface area contributed by atoms with Crippen LogP contribution in [0.3, 0.4) is 0 Å². The molecule has 1 aliphatic carbocycles. The van der Waals surface area contributed by atoms with Crippen molar-refractivity contribution in [1.82, 2.24) is 0 Å². The molecule has 0 radical (unpaired) electrons. The number of aliphatic hydroxyl groups is 1. The van der Waals surface area contributed by atoms with Crippen LogP contribution in [0.2, 0.25) is 0 Å². The minimum absolute atomic E-state index is 0.0727. The number of esters is 1. The van der Waals surface area contributed by atoms with Crippen LogP contribution < -0.4 is 0 Å². The van der Waals surface area contributed by atoms with Crippen molar-refractivity contribution >= 4 is 16.1 Å². The Morgan fingerprint density at radius 1 is 1.53 bits per heavy atom. The Balaban J connectivity index is 2.57. The molecule has 1 saturated carbocycles. The molecule has 0 aromatic rings. The fourth-order valence-electron chi connectivity index (χ4n) is 2.01. The molecule has 112 valence electrons. The maximum atomic E-state index is 12.8. The molecule has 2 unspecified atom stereocenters. The highest BCUT2D eigenvalue weighted by molar-refractivity contribution is 7.86. The smallest absolute Gasteiger partial charge is 0.402 e. The summed E-state index contributed by atoms with van der Waals surface area (Å²) in [5, 5.41) is 5.23. The van der Waals surface area contributed by atoms with Crippen molar-refractivity contribution in [1.29, 1.82) is 0 Å². The lowest BCUT2D eigenvalue weighted by Crippen LogP contribution is -2.39. The Labute approximate surface area is 109 Å². The molecule has 0 aliphatic heterocycles. The lowest BCUT2D eigenvalue weighted by atomic mass is 9.79. The zero-order valence-electron chi connectivity index (χ0n) is 10.3. The number of rotatable bonds is 4. The number of carbonyl (C=O) groups is 1. The van der Waals surface area contributed by atoms with Gasteiger partial charge in [0.2, 0.25) is 0 Å². The summed E-state index contributed by atoms with van der Waals surface area (Å²) in [6, 6.07) is 0. The van der Waals surface area contributed by atoms with Crippen molar-refractivity contribution in [2.75, 3.05) is 6.61 Å². The monoisotopic (exact) mass is 302 g/mol. The molecule has 2 N–H and O–H groups in total. The summed E-state index contributed by atoms with van der Waals surface area (Å²) < 4.78 is 58.8. The molecule has 0 aromatic heterocycles. The molecular weight excluding hydrogens is 286 g/mol. The minimum atomic E-state index is -5.61. The van der Waals surface area contributed by atoms with E-state index in [1.54, 1.807) is 0 Å². The summed E-state index contributed by atoms with van der Waals surface area (Å²) >= 11 is 0. The van der Waals surface area contributed by atoms with E-state index >= 15 is 0 Å². The van der Waals surface area contributed by atoms with Crippen LogP contribution >= 0.6 is 0 Å². The van der Waals surface area contributed by atoms with Gasteiger partial charge in [-0.3, -0.25) is 9.35 Å². The van der Waals surface area contributed by atoms with Gasteiger partial charge in [0.05, 0.1) is 11.5 Å². The fourth-order valence-corrected chi connectivity index (χ4v) is 2.22. The predicted molar refractivity (Wildman–Crippen MR) is 60.0 cm³/mol. The Morgan fingerprint density at radius 3 is 2.58 bits per heavy atom. The van der Waals surface area contributed by atoms with E-state index in [4.69, 9.17) is 4.55 Å². The molecule has 0 heterocycles. The Bertz CT molecular complexity index is 445. The van der Waals surface area contributed by atoms with E-state index in [0.29, 0.717) is 19.3 Å². The van der Waals surface area contributed by atoms with Gasteiger partial charge in [0, 0.05) is 0 Å². The van der Waals surface area contributed by atoms with Gasteiger partial charge in [0.15, 0.2) is 6.61 Å². The summed E-state index contributed by atoms with van der Waals surface area (Å²) in [5.41, 5.74) is -1.06. The van der Waals surface area contributed by atoms with Gasteiger partial charge in [-0.25, -0.2) is 0 Å². The molecule has 9 heteroatoms. The van der Waals surface area contributed by atoms with Crippen molar-refractivity contribution in [2.24, 2.45) is 5.92 Å². The number of ether oxygens (including phenoxy) is 1. The van der Waals surface area contributed by atoms with Crippen LogP contribution in [0.1, 0.15) is 32.6 Å². The van der Waals surface area contributed by atoms with Gasteiger partial charge in [0.25, 0.3) is 0 Å². The highest BCUT2D eigenvalue weighted by atomic mass is 32.2. The summed E-state index contributed by atoms with van der Waals surface area (Å²) in [6.45, 7) is -0.206.